The van der Waals surface area contributed by atoms with Crippen LogP contribution in [-0.2, 0) is 10.4 Å². The number of rotatable bonds is 5. The fourth-order valence-electron chi connectivity index (χ4n) is 2.92. The number of hydrogen-bond acceptors (Lipinski definition) is 5. The third kappa shape index (κ3) is 5.06. The first kappa shape index (κ1) is 22.4. The van der Waals surface area contributed by atoms with E-state index in [4.69, 9.17) is 11.6 Å². The first-order valence-electron chi connectivity index (χ1n) is 9.43. The van der Waals surface area contributed by atoms with E-state index in [2.05, 4.69) is 20.0 Å². The predicted molar refractivity (Wildman–Crippen MR) is 117 cm³/mol. The number of pyridine rings is 2. The van der Waals surface area contributed by atoms with Crippen molar-refractivity contribution in [1.82, 2.24) is 9.97 Å². The number of nitrogens with zero attached hydrogens (tertiary/aromatic N) is 2. The molecule has 31 heavy (non-hydrogen) atoms. The predicted octanol–water partition coefficient (Wildman–Crippen LogP) is 5.35. The number of aromatic nitrogens is 2. The van der Waals surface area contributed by atoms with Gasteiger partial charge in [0.15, 0.2) is 0 Å². The van der Waals surface area contributed by atoms with Gasteiger partial charge in [0.05, 0.1) is 40.3 Å². The van der Waals surface area contributed by atoms with Crippen molar-refractivity contribution in [1.29, 1.82) is 0 Å². The number of ether oxygens (including phenoxy) is 1. The minimum Gasteiger partial charge on any atom is -0.465 e. The van der Waals surface area contributed by atoms with Crippen molar-refractivity contribution >= 4 is 29.2 Å². The molecule has 0 atom stereocenters. The third-order valence-corrected chi connectivity index (χ3v) is 4.95. The number of halogens is 2. The maximum atomic E-state index is 14.1. The minimum atomic E-state index is -1.60. The lowest BCUT2D eigenvalue weighted by atomic mass is 10.0. The number of methoxy groups -OCH3 is 1. The molecular weight excluding hydrogens is 421 g/mol. The molecule has 6 nitrogen and oxygen atoms in total. The largest absolute Gasteiger partial charge is 0.465 e. The zero-order chi connectivity index (χ0) is 22.8. The summed E-state index contributed by atoms with van der Waals surface area (Å²) in [6.45, 7) is 4.48. The van der Waals surface area contributed by atoms with Crippen LogP contribution in [0.15, 0.2) is 48.7 Å². The van der Waals surface area contributed by atoms with Crippen LogP contribution in [0.5, 0.6) is 0 Å². The molecule has 0 aliphatic carbocycles. The van der Waals surface area contributed by atoms with E-state index in [1.165, 1.54) is 33.2 Å². The van der Waals surface area contributed by atoms with Gasteiger partial charge in [0.1, 0.15) is 5.67 Å². The van der Waals surface area contributed by atoms with Crippen LogP contribution in [0.2, 0.25) is 5.02 Å². The summed E-state index contributed by atoms with van der Waals surface area (Å²) < 4.78 is 18.8. The van der Waals surface area contributed by atoms with Crippen molar-refractivity contribution in [2.75, 3.05) is 12.4 Å². The van der Waals surface area contributed by atoms with Crippen LogP contribution in [0.1, 0.15) is 46.0 Å². The monoisotopic (exact) mass is 441 g/mol. The Bertz CT molecular complexity index is 1140. The normalized spacial score (nSPS) is 11.2. The second kappa shape index (κ2) is 8.81. The molecule has 0 radical (unpaired) electrons. The Kier molecular flexibility index (Phi) is 6.36. The lowest BCUT2D eigenvalue weighted by molar-refractivity contribution is 0.0600. The number of anilines is 1. The summed E-state index contributed by atoms with van der Waals surface area (Å²) in [6, 6.07) is 11.3. The van der Waals surface area contributed by atoms with Crippen molar-refractivity contribution < 1.29 is 18.7 Å². The van der Waals surface area contributed by atoms with E-state index in [0.717, 1.165) is 0 Å². The van der Waals surface area contributed by atoms with Gasteiger partial charge >= 0.3 is 5.97 Å². The zero-order valence-corrected chi connectivity index (χ0v) is 18.2. The van der Waals surface area contributed by atoms with E-state index in [0.29, 0.717) is 38.8 Å². The van der Waals surface area contributed by atoms with Crippen LogP contribution in [0.4, 0.5) is 10.1 Å². The van der Waals surface area contributed by atoms with E-state index < -0.39 is 11.6 Å². The summed E-state index contributed by atoms with van der Waals surface area (Å²) in [6.07, 6.45) is 1.39. The number of amides is 1. The van der Waals surface area contributed by atoms with E-state index in [-0.39, 0.29) is 11.6 Å². The highest BCUT2D eigenvalue weighted by Crippen LogP contribution is 2.30. The number of carbonyl (C=O) groups is 2. The molecular formula is C23H21ClFN3O3. The van der Waals surface area contributed by atoms with Gasteiger partial charge in [0, 0.05) is 17.4 Å². The molecule has 0 aliphatic heterocycles. The van der Waals surface area contributed by atoms with Gasteiger partial charge in [-0.1, -0.05) is 11.6 Å². The SMILES string of the molecule is COC(=O)c1ccc(-c2cc(NC(=O)c3ccc(C(C)(C)F)nc3C)ccc2Cl)nc1. The van der Waals surface area contributed by atoms with Crippen LogP contribution >= 0.6 is 11.6 Å². The van der Waals surface area contributed by atoms with Gasteiger partial charge in [-0.3, -0.25) is 14.8 Å². The van der Waals surface area contributed by atoms with Gasteiger partial charge in [-0.25, -0.2) is 9.18 Å². The topological polar surface area (TPSA) is 81.2 Å². The molecule has 0 saturated heterocycles. The fourth-order valence-corrected chi connectivity index (χ4v) is 3.14. The van der Waals surface area contributed by atoms with Gasteiger partial charge in [-0.15, -0.1) is 0 Å². The number of carbonyl (C=O) groups excluding carboxylic acids is 2. The van der Waals surface area contributed by atoms with Crippen LogP contribution in [-0.4, -0.2) is 29.0 Å². The van der Waals surface area contributed by atoms with Crippen molar-refractivity contribution in [3.05, 3.63) is 76.2 Å². The zero-order valence-electron chi connectivity index (χ0n) is 17.5. The highest BCUT2D eigenvalue weighted by atomic mass is 35.5. The van der Waals surface area contributed by atoms with Crippen LogP contribution in [0.25, 0.3) is 11.3 Å². The third-order valence-electron chi connectivity index (χ3n) is 4.62. The second-order valence-corrected chi connectivity index (χ2v) is 7.78. The molecule has 2 heterocycles. The molecule has 0 unspecified atom stereocenters. The summed E-state index contributed by atoms with van der Waals surface area (Å²) in [4.78, 5) is 32.8. The van der Waals surface area contributed by atoms with Crippen molar-refractivity contribution in [2.24, 2.45) is 0 Å². The highest BCUT2D eigenvalue weighted by molar-refractivity contribution is 6.33. The van der Waals surface area contributed by atoms with E-state index in [1.807, 2.05) is 0 Å². The average Bonchev–Trinajstić information content (AvgIpc) is 2.73. The van der Waals surface area contributed by atoms with Gasteiger partial charge in [-0.2, -0.15) is 0 Å². The first-order valence-corrected chi connectivity index (χ1v) is 9.80. The second-order valence-electron chi connectivity index (χ2n) is 7.37. The average molecular weight is 442 g/mol. The number of nitrogens with one attached hydrogen (secondary N) is 1. The Balaban J connectivity index is 1.85. The Morgan fingerprint density at radius 2 is 1.87 bits per heavy atom. The summed E-state index contributed by atoms with van der Waals surface area (Å²) in [5.41, 5.74) is 1.35. The molecule has 0 fully saturated rings. The molecule has 3 aromatic rings. The summed E-state index contributed by atoms with van der Waals surface area (Å²) in [5, 5.41) is 3.23. The standard InChI is InChI=1S/C23H21ClFN3O3/c1-13-16(7-10-20(27-13)23(2,3)25)21(29)28-15-6-8-18(24)17(11-15)19-9-5-14(12-26-19)22(30)31-4/h5-12H,1-4H3,(H,28,29). The van der Waals surface area contributed by atoms with Crippen molar-refractivity contribution in [3.63, 3.8) is 0 Å². The number of benzene rings is 1. The summed E-state index contributed by atoms with van der Waals surface area (Å²) in [5.74, 6) is -0.868. The maximum absolute atomic E-state index is 14.1. The molecule has 160 valence electrons. The highest BCUT2D eigenvalue weighted by Gasteiger charge is 2.22. The molecule has 8 heteroatoms. The smallest absolute Gasteiger partial charge is 0.339 e. The molecule has 1 amide bonds. The van der Waals surface area contributed by atoms with Crippen molar-refractivity contribution in [3.8, 4) is 11.3 Å². The number of aryl methyl sites for hydroxylation is 1. The molecule has 1 N–H and O–H groups in total. The lowest BCUT2D eigenvalue weighted by Crippen LogP contribution is -2.17. The van der Waals surface area contributed by atoms with Gasteiger partial charge in [-0.05, 0) is 63.2 Å². The van der Waals surface area contributed by atoms with Crippen LogP contribution < -0.4 is 5.32 Å². The van der Waals surface area contributed by atoms with Gasteiger partial charge < -0.3 is 10.1 Å². The maximum Gasteiger partial charge on any atom is 0.339 e. The van der Waals surface area contributed by atoms with E-state index >= 15 is 0 Å². The number of hydrogen-bond donors (Lipinski definition) is 1. The molecule has 1 aromatic carbocycles. The first-order chi connectivity index (χ1) is 14.6. The Morgan fingerprint density at radius 1 is 1.13 bits per heavy atom. The molecule has 3 rings (SSSR count). The van der Waals surface area contributed by atoms with Crippen LogP contribution in [0.3, 0.4) is 0 Å². The number of esters is 1. The number of alkyl halides is 1. The fraction of sp³-hybridized carbons (Fsp3) is 0.217. The van der Waals surface area contributed by atoms with E-state index in [1.54, 1.807) is 43.3 Å². The Labute approximate surface area is 184 Å². The van der Waals surface area contributed by atoms with Crippen LogP contribution in [0, 0.1) is 6.92 Å². The summed E-state index contributed by atoms with van der Waals surface area (Å²) in [7, 11) is 1.29. The van der Waals surface area contributed by atoms with Gasteiger partial charge in [0.25, 0.3) is 5.91 Å². The Morgan fingerprint density at radius 3 is 2.45 bits per heavy atom. The Hall–Kier alpha value is -3.32. The molecule has 0 saturated carbocycles. The van der Waals surface area contributed by atoms with Crippen molar-refractivity contribution in [2.45, 2.75) is 26.4 Å². The minimum absolute atomic E-state index is 0.261. The van der Waals surface area contributed by atoms with E-state index in [9.17, 15) is 14.0 Å². The molecule has 2 aromatic heterocycles. The lowest BCUT2D eigenvalue weighted by Gasteiger charge is -2.15. The molecule has 0 spiro atoms. The summed E-state index contributed by atoms with van der Waals surface area (Å²) >= 11 is 6.31. The van der Waals surface area contributed by atoms with Gasteiger partial charge in [0.2, 0.25) is 0 Å². The molecule has 0 bridgehead atoms. The quantitative estimate of drug-likeness (QED) is 0.540. The molecule has 0 aliphatic rings.